The van der Waals surface area contributed by atoms with Crippen LogP contribution < -0.4 is 11.5 Å². The Hall–Kier alpha value is -1.71. The number of nitrogens with two attached hydrogens (primary N) is 2. The molecule has 0 saturated heterocycles. The maximum Gasteiger partial charge on any atom is 0.340 e. The zero-order chi connectivity index (χ0) is 13.8. The van der Waals surface area contributed by atoms with Gasteiger partial charge >= 0.3 is 5.97 Å². The normalized spacial score (nSPS) is 23.0. The summed E-state index contributed by atoms with van der Waals surface area (Å²) in [5, 5.41) is 0. The van der Waals surface area contributed by atoms with Gasteiger partial charge in [-0.2, -0.15) is 0 Å². The van der Waals surface area contributed by atoms with Crippen molar-refractivity contribution in [1.82, 2.24) is 0 Å². The molecule has 0 aromatic heterocycles. The summed E-state index contributed by atoms with van der Waals surface area (Å²) in [5.74, 6) is 0.453. The van der Waals surface area contributed by atoms with Crippen LogP contribution in [0.5, 0.6) is 0 Å². The third-order valence-electron chi connectivity index (χ3n) is 3.94. The number of hydrogen-bond donors (Lipinski definition) is 2. The lowest BCUT2D eigenvalue weighted by Gasteiger charge is -2.27. The van der Waals surface area contributed by atoms with Crippen molar-refractivity contribution in [1.29, 1.82) is 0 Å². The molecule has 19 heavy (non-hydrogen) atoms. The van der Waals surface area contributed by atoms with Gasteiger partial charge in [0.15, 0.2) is 0 Å². The Labute approximate surface area is 114 Å². The van der Waals surface area contributed by atoms with Crippen molar-refractivity contribution in [2.24, 2.45) is 5.92 Å². The first-order valence-electron chi connectivity index (χ1n) is 6.96. The van der Waals surface area contributed by atoms with Gasteiger partial charge in [-0.05, 0) is 49.8 Å². The van der Waals surface area contributed by atoms with E-state index in [-0.39, 0.29) is 12.1 Å². The van der Waals surface area contributed by atoms with Crippen molar-refractivity contribution in [3.63, 3.8) is 0 Å². The van der Waals surface area contributed by atoms with E-state index in [1.807, 2.05) is 0 Å². The summed E-state index contributed by atoms with van der Waals surface area (Å²) in [4.78, 5) is 12.1. The van der Waals surface area contributed by atoms with Gasteiger partial charge in [0, 0.05) is 11.4 Å². The zero-order valence-electron chi connectivity index (χ0n) is 11.4. The van der Waals surface area contributed by atoms with Crippen molar-refractivity contribution >= 4 is 17.3 Å². The van der Waals surface area contributed by atoms with E-state index in [4.69, 9.17) is 16.2 Å². The van der Waals surface area contributed by atoms with Gasteiger partial charge in [0.25, 0.3) is 0 Å². The molecule has 1 saturated carbocycles. The lowest BCUT2D eigenvalue weighted by atomic mass is 9.86. The third-order valence-corrected chi connectivity index (χ3v) is 3.94. The third kappa shape index (κ3) is 3.40. The Morgan fingerprint density at radius 1 is 1.26 bits per heavy atom. The van der Waals surface area contributed by atoms with E-state index in [9.17, 15) is 4.79 Å². The summed E-state index contributed by atoms with van der Waals surface area (Å²) in [6, 6.07) is 4.89. The molecule has 0 amide bonds. The summed E-state index contributed by atoms with van der Waals surface area (Å²) in [5.41, 5.74) is 12.7. The highest BCUT2D eigenvalue weighted by molar-refractivity contribution is 5.95. The van der Waals surface area contributed by atoms with Gasteiger partial charge in [-0.25, -0.2) is 4.79 Å². The van der Waals surface area contributed by atoms with E-state index < -0.39 is 0 Å². The second-order valence-electron chi connectivity index (χ2n) is 5.30. The van der Waals surface area contributed by atoms with Crippen LogP contribution >= 0.6 is 0 Å². The van der Waals surface area contributed by atoms with Crippen molar-refractivity contribution in [2.45, 2.75) is 45.1 Å². The SMILES string of the molecule is CCC1CCC(OC(=O)c2ccc(N)cc2N)CC1. The number of carbonyl (C=O) groups excluding carboxylic acids is 1. The lowest BCUT2D eigenvalue weighted by Crippen LogP contribution is -2.24. The monoisotopic (exact) mass is 262 g/mol. The first-order chi connectivity index (χ1) is 9.10. The predicted octanol–water partition coefficient (Wildman–Crippen LogP) is 2.98. The quantitative estimate of drug-likeness (QED) is 0.648. The van der Waals surface area contributed by atoms with Crippen molar-refractivity contribution < 1.29 is 9.53 Å². The standard InChI is InChI=1S/C15H22N2O2/c1-2-10-3-6-12(7-4-10)19-15(18)13-8-5-11(16)9-14(13)17/h5,8-10,12H,2-4,6-7,16-17H2,1H3. The number of rotatable bonds is 3. The summed E-state index contributed by atoms with van der Waals surface area (Å²) in [6.07, 6.45) is 5.45. The maximum atomic E-state index is 12.1. The molecule has 0 radical (unpaired) electrons. The summed E-state index contributed by atoms with van der Waals surface area (Å²) >= 11 is 0. The molecule has 1 aromatic carbocycles. The molecule has 104 valence electrons. The van der Waals surface area contributed by atoms with Gasteiger partial charge in [0.1, 0.15) is 6.10 Å². The highest BCUT2D eigenvalue weighted by atomic mass is 16.5. The van der Waals surface area contributed by atoms with Gasteiger partial charge in [-0.1, -0.05) is 13.3 Å². The van der Waals surface area contributed by atoms with Crippen LogP contribution in [0.3, 0.4) is 0 Å². The minimum absolute atomic E-state index is 0.0345. The molecule has 4 heteroatoms. The van der Waals surface area contributed by atoms with Gasteiger partial charge in [-0.3, -0.25) is 0 Å². The van der Waals surface area contributed by atoms with Gasteiger partial charge in [-0.15, -0.1) is 0 Å². The second kappa shape index (κ2) is 5.95. The number of esters is 1. The van der Waals surface area contributed by atoms with Crippen LogP contribution in [0.15, 0.2) is 18.2 Å². The Bertz CT molecular complexity index is 451. The van der Waals surface area contributed by atoms with Crippen LogP contribution in [0.2, 0.25) is 0 Å². The van der Waals surface area contributed by atoms with Crippen molar-refractivity contribution in [2.75, 3.05) is 11.5 Å². The summed E-state index contributed by atoms with van der Waals surface area (Å²) in [6.45, 7) is 2.21. The highest BCUT2D eigenvalue weighted by Gasteiger charge is 2.24. The first-order valence-corrected chi connectivity index (χ1v) is 6.96. The molecule has 0 unspecified atom stereocenters. The van der Waals surface area contributed by atoms with E-state index in [2.05, 4.69) is 6.92 Å². The molecular weight excluding hydrogens is 240 g/mol. The Morgan fingerprint density at radius 3 is 2.53 bits per heavy atom. The van der Waals surface area contributed by atoms with E-state index in [0.717, 1.165) is 31.6 Å². The molecule has 1 fully saturated rings. The zero-order valence-corrected chi connectivity index (χ0v) is 11.4. The number of ether oxygens (including phenoxy) is 1. The number of carbonyl (C=O) groups is 1. The number of anilines is 2. The minimum atomic E-state index is -0.336. The summed E-state index contributed by atoms with van der Waals surface area (Å²) in [7, 11) is 0. The molecule has 0 atom stereocenters. The predicted molar refractivity (Wildman–Crippen MR) is 76.7 cm³/mol. The molecule has 4 nitrogen and oxygen atoms in total. The van der Waals surface area contributed by atoms with Crippen LogP contribution in [-0.2, 0) is 4.74 Å². The van der Waals surface area contributed by atoms with Crippen LogP contribution in [0.1, 0.15) is 49.4 Å². The van der Waals surface area contributed by atoms with Gasteiger partial charge < -0.3 is 16.2 Å². The Kier molecular flexibility index (Phi) is 4.30. The van der Waals surface area contributed by atoms with Crippen molar-refractivity contribution in [3.8, 4) is 0 Å². The molecule has 2 rings (SSSR count). The van der Waals surface area contributed by atoms with Crippen LogP contribution in [0, 0.1) is 5.92 Å². The van der Waals surface area contributed by atoms with E-state index in [1.165, 1.54) is 6.42 Å². The smallest absolute Gasteiger partial charge is 0.340 e. The van der Waals surface area contributed by atoms with Crippen LogP contribution in [0.4, 0.5) is 11.4 Å². The summed E-state index contributed by atoms with van der Waals surface area (Å²) < 4.78 is 5.53. The lowest BCUT2D eigenvalue weighted by molar-refractivity contribution is 0.0165. The average Bonchev–Trinajstić information content (AvgIpc) is 2.39. The molecule has 1 aliphatic carbocycles. The van der Waals surface area contributed by atoms with Crippen LogP contribution in [-0.4, -0.2) is 12.1 Å². The molecular formula is C15H22N2O2. The average molecular weight is 262 g/mol. The minimum Gasteiger partial charge on any atom is -0.459 e. The molecule has 0 spiro atoms. The fourth-order valence-corrected chi connectivity index (χ4v) is 2.64. The van der Waals surface area contributed by atoms with Crippen LogP contribution in [0.25, 0.3) is 0 Å². The highest BCUT2D eigenvalue weighted by Crippen LogP contribution is 2.29. The first kappa shape index (κ1) is 13.7. The molecule has 4 N–H and O–H groups in total. The number of hydrogen-bond acceptors (Lipinski definition) is 4. The maximum absolute atomic E-state index is 12.1. The molecule has 1 aromatic rings. The topological polar surface area (TPSA) is 78.3 Å². The van der Waals surface area contributed by atoms with Gasteiger partial charge in [0.2, 0.25) is 0 Å². The number of nitrogen functional groups attached to an aromatic ring is 2. The van der Waals surface area contributed by atoms with Crippen molar-refractivity contribution in [3.05, 3.63) is 23.8 Å². The van der Waals surface area contributed by atoms with E-state index in [1.54, 1.807) is 18.2 Å². The number of benzene rings is 1. The Balaban J connectivity index is 1.94. The largest absolute Gasteiger partial charge is 0.459 e. The van der Waals surface area contributed by atoms with E-state index in [0.29, 0.717) is 16.9 Å². The van der Waals surface area contributed by atoms with E-state index >= 15 is 0 Å². The fraction of sp³-hybridized carbons (Fsp3) is 0.533. The van der Waals surface area contributed by atoms with Gasteiger partial charge in [0.05, 0.1) is 5.56 Å². The molecule has 0 aliphatic heterocycles. The Morgan fingerprint density at radius 2 is 1.95 bits per heavy atom. The fourth-order valence-electron chi connectivity index (χ4n) is 2.64. The molecule has 1 aliphatic rings. The second-order valence-corrected chi connectivity index (χ2v) is 5.30. The molecule has 0 bridgehead atoms. The molecule has 0 heterocycles.